The van der Waals surface area contributed by atoms with E-state index < -0.39 is 11.7 Å². The Morgan fingerprint density at radius 2 is 1.75 bits per heavy atom. The number of nitrogens with one attached hydrogen (secondary N) is 2. The monoisotopic (exact) mass is 438 g/mol. The first-order chi connectivity index (χ1) is 15.3. The highest BCUT2D eigenvalue weighted by Crippen LogP contribution is 2.22. The molecule has 2 N–H and O–H groups in total. The Morgan fingerprint density at radius 3 is 2.38 bits per heavy atom. The van der Waals surface area contributed by atoms with Crippen LogP contribution in [0.4, 0.5) is 10.5 Å². The molecular weight excluding hydrogens is 404 g/mol. The lowest BCUT2D eigenvalue weighted by molar-refractivity contribution is -0.125. The topological polar surface area (TPSA) is 83.6 Å². The highest BCUT2D eigenvalue weighted by atomic mass is 16.6. The van der Waals surface area contributed by atoms with Crippen molar-refractivity contribution in [2.45, 2.75) is 51.7 Å². The maximum atomic E-state index is 12.8. The van der Waals surface area contributed by atoms with Crippen LogP contribution in [-0.4, -0.2) is 48.3 Å². The van der Waals surface area contributed by atoms with E-state index in [9.17, 15) is 9.59 Å². The third-order valence-electron chi connectivity index (χ3n) is 5.46. The van der Waals surface area contributed by atoms with Gasteiger partial charge in [0.25, 0.3) is 0 Å². The van der Waals surface area contributed by atoms with Gasteiger partial charge in [-0.05, 0) is 57.7 Å². The first-order valence-corrected chi connectivity index (χ1v) is 11.3. The number of piperidine rings is 1. The van der Waals surface area contributed by atoms with Crippen molar-refractivity contribution < 1.29 is 14.3 Å². The number of pyridine rings is 1. The molecule has 1 unspecified atom stereocenters. The second-order valence-corrected chi connectivity index (χ2v) is 9.24. The minimum Gasteiger partial charge on any atom is -0.444 e. The molecule has 172 valence electrons. The first-order valence-electron chi connectivity index (χ1n) is 11.3. The van der Waals surface area contributed by atoms with Gasteiger partial charge in [0.15, 0.2) is 0 Å². The minimum absolute atomic E-state index is 0.0213. The van der Waals surface area contributed by atoms with E-state index in [1.54, 1.807) is 12.4 Å². The van der Waals surface area contributed by atoms with Gasteiger partial charge in [-0.1, -0.05) is 30.3 Å². The van der Waals surface area contributed by atoms with Gasteiger partial charge >= 0.3 is 6.09 Å². The van der Waals surface area contributed by atoms with E-state index in [0.717, 1.165) is 37.2 Å². The van der Waals surface area contributed by atoms with E-state index in [-0.39, 0.29) is 17.9 Å². The molecule has 0 radical (unpaired) electrons. The molecule has 1 fully saturated rings. The molecule has 32 heavy (non-hydrogen) atoms. The largest absolute Gasteiger partial charge is 0.444 e. The zero-order valence-electron chi connectivity index (χ0n) is 19.2. The van der Waals surface area contributed by atoms with Crippen LogP contribution in [0.25, 0.3) is 0 Å². The SMILES string of the molecule is CC(C)(C)OC(=O)NC(CNC(=O)C1CCN(c2ccncc2)CC1)Cc1ccccc1. The Morgan fingerprint density at radius 1 is 1.09 bits per heavy atom. The van der Waals surface area contributed by atoms with Gasteiger partial charge in [-0.25, -0.2) is 4.79 Å². The number of carbonyl (C=O) groups excluding carboxylic acids is 2. The quantitative estimate of drug-likeness (QED) is 0.691. The molecule has 0 spiro atoms. The number of benzene rings is 1. The fourth-order valence-electron chi connectivity index (χ4n) is 3.87. The van der Waals surface area contributed by atoms with E-state index in [1.165, 1.54) is 0 Å². The fraction of sp³-hybridized carbons (Fsp3) is 0.480. The molecule has 1 aromatic heterocycles. The van der Waals surface area contributed by atoms with E-state index in [0.29, 0.717) is 13.0 Å². The van der Waals surface area contributed by atoms with Gasteiger partial charge in [0.2, 0.25) is 5.91 Å². The molecule has 1 aliphatic heterocycles. The van der Waals surface area contributed by atoms with Gasteiger partial charge in [-0.2, -0.15) is 0 Å². The molecule has 0 aliphatic carbocycles. The van der Waals surface area contributed by atoms with Crippen LogP contribution in [0.15, 0.2) is 54.9 Å². The lowest BCUT2D eigenvalue weighted by atomic mass is 9.95. The van der Waals surface area contributed by atoms with Crippen LogP contribution >= 0.6 is 0 Å². The number of rotatable bonds is 7. The molecule has 2 heterocycles. The van der Waals surface area contributed by atoms with Crippen molar-refractivity contribution in [3.05, 3.63) is 60.4 Å². The number of aromatic nitrogens is 1. The number of ether oxygens (including phenoxy) is 1. The molecule has 7 heteroatoms. The summed E-state index contributed by atoms with van der Waals surface area (Å²) in [6, 6.07) is 13.7. The molecule has 3 rings (SSSR count). The average Bonchev–Trinajstić information content (AvgIpc) is 2.77. The number of amides is 2. The summed E-state index contributed by atoms with van der Waals surface area (Å²) in [5, 5.41) is 5.98. The summed E-state index contributed by atoms with van der Waals surface area (Å²) in [6.07, 6.45) is 5.32. The maximum Gasteiger partial charge on any atom is 0.407 e. The summed E-state index contributed by atoms with van der Waals surface area (Å²) in [7, 11) is 0. The number of nitrogens with zero attached hydrogens (tertiary/aromatic N) is 2. The zero-order chi connectivity index (χ0) is 23.0. The average molecular weight is 439 g/mol. The summed E-state index contributed by atoms with van der Waals surface area (Å²) in [5.74, 6) is 0.0235. The van der Waals surface area contributed by atoms with Crippen LogP contribution < -0.4 is 15.5 Å². The van der Waals surface area contributed by atoms with Crippen molar-refractivity contribution in [3.8, 4) is 0 Å². The van der Waals surface area contributed by atoms with Crippen molar-refractivity contribution >= 4 is 17.7 Å². The Bertz CT molecular complexity index is 860. The van der Waals surface area contributed by atoms with Crippen LogP contribution in [0.5, 0.6) is 0 Å². The summed E-state index contributed by atoms with van der Waals surface area (Å²) in [4.78, 5) is 31.5. The summed E-state index contributed by atoms with van der Waals surface area (Å²) < 4.78 is 5.41. The molecule has 1 atom stereocenters. The second kappa shape index (κ2) is 11.0. The van der Waals surface area contributed by atoms with Gasteiger partial charge < -0.3 is 20.3 Å². The number of anilines is 1. The lowest BCUT2D eigenvalue weighted by Gasteiger charge is -2.33. The summed E-state index contributed by atoms with van der Waals surface area (Å²) >= 11 is 0. The second-order valence-electron chi connectivity index (χ2n) is 9.24. The van der Waals surface area contributed by atoms with E-state index in [1.807, 2.05) is 63.2 Å². The van der Waals surface area contributed by atoms with Crippen molar-refractivity contribution in [2.24, 2.45) is 5.92 Å². The smallest absolute Gasteiger partial charge is 0.407 e. The van der Waals surface area contributed by atoms with Gasteiger partial charge in [-0.15, -0.1) is 0 Å². The molecule has 1 saturated heterocycles. The van der Waals surface area contributed by atoms with Crippen molar-refractivity contribution in [3.63, 3.8) is 0 Å². The van der Waals surface area contributed by atoms with Crippen LogP contribution in [0.3, 0.4) is 0 Å². The fourth-order valence-corrected chi connectivity index (χ4v) is 3.87. The molecule has 1 aromatic carbocycles. The molecule has 0 saturated carbocycles. The Labute approximate surface area is 190 Å². The Kier molecular flexibility index (Phi) is 8.09. The van der Waals surface area contributed by atoms with E-state index in [2.05, 4.69) is 20.5 Å². The van der Waals surface area contributed by atoms with Crippen molar-refractivity contribution in [1.29, 1.82) is 0 Å². The standard InChI is InChI=1S/C25H34N4O3/c1-25(2,3)32-24(31)28-21(17-19-7-5-4-6-8-19)18-27-23(30)20-11-15-29(16-12-20)22-9-13-26-14-10-22/h4-10,13-14,20-21H,11-12,15-18H2,1-3H3,(H,27,30)(H,28,31). The third-order valence-corrected chi connectivity index (χ3v) is 5.46. The van der Waals surface area contributed by atoms with Gasteiger partial charge in [0.1, 0.15) is 5.60 Å². The number of hydrogen-bond acceptors (Lipinski definition) is 5. The predicted molar refractivity (Wildman–Crippen MR) is 125 cm³/mol. The third kappa shape index (κ3) is 7.55. The van der Waals surface area contributed by atoms with Crippen LogP contribution in [0.2, 0.25) is 0 Å². The van der Waals surface area contributed by atoms with Crippen LogP contribution in [0, 0.1) is 5.92 Å². The van der Waals surface area contributed by atoms with Crippen molar-refractivity contribution in [1.82, 2.24) is 15.6 Å². The highest BCUT2D eigenvalue weighted by Gasteiger charge is 2.26. The first kappa shape index (κ1) is 23.6. The molecular formula is C25H34N4O3. The Balaban J connectivity index is 1.52. The van der Waals surface area contributed by atoms with E-state index in [4.69, 9.17) is 4.74 Å². The minimum atomic E-state index is -0.576. The van der Waals surface area contributed by atoms with Crippen LogP contribution in [-0.2, 0) is 16.0 Å². The molecule has 2 amide bonds. The van der Waals surface area contributed by atoms with Crippen molar-refractivity contribution in [2.75, 3.05) is 24.5 Å². The zero-order valence-corrected chi connectivity index (χ0v) is 19.2. The Hall–Kier alpha value is -3.09. The summed E-state index contributed by atoms with van der Waals surface area (Å²) in [5.41, 5.74) is 1.66. The van der Waals surface area contributed by atoms with Gasteiger partial charge in [0.05, 0.1) is 6.04 Å². The molecule has 2 aromatic rings. The number of hydrogen-bond donors (Lipinski definition) is 2. The predicted octanol–water partition coefficient (Wildman–Crippen LogP) is 3.55. The normalized spacial score (nSPS) is 15.7. The molecule has 7 nitrogen and oxygen atoms in total. The maximum absolute atomic E-state index is 12.8. The lowest BCUT2D eigenvalue weighted by Crippen LogP contribution is -2.48. The number of carbonyl (C=O) groups is 2. The number of alkyl carbamates (subject to hydrolysis) is 1. The van der Waals surface area contributed by atoms with Gasteiger partial charge in [-0.3, -0.25) is 9.78 Å². The summed E-state index contributed by atoms with van der Waals surface area (Å²) in [6.45, 7) is 7.53. The van der Waals surface area contributed by atoms with E-state index >= 15 is 0 Å². The van der Waals surface area contributed by atoms with Crippen LogP contribution in [0.1, 0.15) is 39.2 Å². The van der Waals surface area contributed by atoms with Gasteiger partial charge in [0, 0.05) is 43.6 Å². The molecule has 0 bridgehead atoms. The highest BCUT2D eigenvalue weighted by molar-refractivity contribution is 5.79. The molecule has 1 aliphatic rings.